The molecule has 4 heteroatoms. The third-order valence-corrected chi connectivity index (χ3v) is 3.73. The predicted octanol–water partition coefficient (Wildman–Crippen LogP) is 1.29. The van der Waals surface area contributed by atoms with Gasteiger partial charge >= 0.3 is 0 Å². The molecule has 0 amide bonds. The van der Waals surface area contributed by atoms with Crippen molar-refractivity contribution in [3.05, 3.63) is 30.1 Å². The summed E-state index contributed by atoms with van der Waals surface area (Å²) < 4.78 is 0. The summed E-state index contributed by atoms with van der Waals surface area (Å²) in [6.07, 6.45) is 4.65. The van der Waals surface area contributed by atoms with Crippen molar-refractivity contribution in [1.82, 2.24) is 10.3 Å². The first-order valence-electron chi connectivity index (χ1n) is 5.56. The van der Waals surface area contributed by atoms with Gasteiger partial charge in [0.1, 0.15) is 5.78 Å². The van der Waals surface area contributed by atoms with Gasteiger partial charge in [0.05, 0.1) is 0 Å². The summed E-state index contributed by atoms with van der Waals surface area (Å²) in [6.45, 7) is 1.02. The number of pyridine rings is 1. The van der Waals surface area contributed by atoms with Gasteiger partial charge in [0, 0.05) is 49.3 Å². The Hall–Kier alpha value is -0.870. The zero-order valence-corrected chi connectivity index (χ0v) is 10.0. The maximum absolute atomic E-state index is 11.8. The first-order chi connectivity index (χ1) is 7.84. The van der Waals surface area contributed by atoms with Gasteiger partial charge in [-0.05, 0) is 11.6 Å². The summed E-state index contributed by atoms with van der Waals surface area (Å²) in [5.74, 6) is 2.51. The topological polar surface area (TPSA) is 42.0 Å². The Kier molecular flexibility index (Phi) is 4.36. The molecule has 2 heterocycles. The van der Waals surface area contributed by atoms with Crippen LogP contribution in [0.15, 0.2) is 24.5 Å². The van der Waals surface area contributed by atoms with E-state index in [1.165, 1.54) is 0 Å². The van der Waals surface area contributed by atoms with Crippen LogP contribution in [0.5, 0.6) is 0 Å². The second kappa shape index (κ2) is 6.01. The number of hydrogen-bond donors (Lipinski definition) is 1. The lowest BCUT2D eigenvalue weighted by atomic mass is 10.1. The van der Waals surface area contributed by atoms with Crippen LogP contribution in [-0.4, -0.2) is 34.9 Å². The molecule has 0 bridgehead atoms. The monoisotopic (exact) mass is 236 g/mol. The van der Waals surface area contributed by atoms with Crippen molar-refractivity contribution in [2.45, 2.75) is 18.9 Å². The minimum absolute atomic E-state index is 0.299. The molecule has 0 radical (unpaired) electrons. The minimum atomic E-state index is 0.299. The fraction of sp³-hybridized carbons (Fsp3) is 0.500. The first-order valence-corrected chi connectivity index (χ1v) is 6.72. The Morgan fingerprint density at radius 3 is 3.25 bits per heavy atom. The van der Waals surface area contributed by atoms with Gasteiger partial charge in [-0.2, -0.15) is 11.8 Å². The number of nitrogens with one attached hydrogen (secondary N) is 1. The molecule has 1 fully saturated rings. The zero-order chi connectivity index (χ0) is 11.2. The molecule has 1 aliphatic heterocycles. The average molecular weight is 236 g/mol. The van der Waals surface area contributed by atoms with Gasteiger partial charge in [-0.15, -0.1) is 0 Å². The van der Waals surface area contributed by atoms with E-state index in [-0.39, 0.29) is 0 Å². The molecule has 1 aromatic heterocycles. The molecular formula is C12H16N2OS. The quantitative estimate of drug-likeness (QED) is 0.855. The molecule has 0 aromatic carbocycles. The van der Waals surface area contributed by atoms with Gasteiger partial charge < -0.3 is 5.32 Å². The lowest BCUT2D eigenvalue weighted by Gasteiger charge is -2.22. The summed E-state index contributed by atoms with van der Waals surface area (Å²) in [5, 5.41) is 3.38. The van der Waals surface area contributed by atoms with Crippen LogP contribution < -0.4 is 5.32 Å². The van der Waals surface area contributed by atoms with Gasteiger partial charge in [-0.1, -0.05) is 6.07 Å². The first kappa shape index (κ1) is 11.6. The molecule has 1 N–H and O–H groups in total. The summed E-state index contributed by atoms with van der Waals surface area (Å²) in [5.41, 5.74) is 1.01. The number of carbonyl (C=O) groups is 1. The van der Waals surface area contributed by atoms with E-state index in [9.17, 15) is 4.79 Å². The lowest BCUT2D eigenvalue weighted by molar-refractivity contribution is -0.118. The zero-order valence-electron chi connectivity index (χ0n) is 9.19. The minimum Gasteiger partial charge on any atom is -0.312 e. The van der Waals surface area contributed by atoms with Gasteiger partial charge in [0.25, 0.3) is 0 Å². The number of thioether (sulfide) groups is 1. The van der Waals surface area contributed by atoms with Crippen LogP contribution in [0, 0.1) is 0 Å². The fourth-order valence-corrected chi connectivity index (χ4v) is 2.78. The molecule has 1 atom stereocenters. The van der Waals surface area contributed by atoms with Crippen LogP contribution in [-0.2, 0) is 11.2 Å². The highest BCUT2D eigenvalue weighted by molar-refractivity contribution is 7.99. The maximum Gasteiger partial charge on any atom is 0.138 e. The van der Waals surface area contributed by atoms with E-state index in [1.807, 2.05) is 23.9 Å². The molecule has 0 saturated carbocycles. The fourth-order valence-electron chi connectivity index (χ4n) is 1.83. The highest BCUT2D eigenvalue weighted by Crippen LogP contribution is 2.11. The summed E-state index contributed by atoms with van der Waals surface area (Å²) in [6, 6.07) is 4.19. The van der Waals surface area contributed by atoms with Crippen molar-refractivity contribution < 1.29 is 4.79 Å². The molecule has 0 aliphatic carbocycles. The van der Waals surface area contributed by atoms with Crippen LogP contribution in [0.3, 0.4) is 0 Å². The standard InChI is InChI=1S/C12H16N2OS/c15-12(6-10-2-1-3-13-8-10)7-11-9-16-5-4-14-11/h1-3,8,11,14H,4-7,9H2. The predicted molar refractivity (Wildman–Crippen MR) is 66.7 cm³/mol. The number of hydrogen-bond acceptors (Lipinski definition) is 4. The van der Waals surface area contributed by atoms with Gasteiger partial charge in [0.15, 0.2) is 0 Å². The Morgan fingerprint density at radius 2 is 2.56 bits per heavy atom. The Bertz CT molecular complexity index is 336. The third kappa shape index (κ3) is 3.61. The highest BCUT2D eigenvalue weighted by atomic mass is 32.2. The SMILES string of the molecule is O=C(Cc1cccnc1)CC1CSCCN1. The molecule has 2 rings (SSSR count). The number of carbonyl (C=O) groups excluding carboxylic acids is 1. The smallest absolute Gasteiger partial charge is 0.138 e. The van der Waals surface area contributed by atoms with E-state index in [4.69, 9.17) is 0 Å². The number of rotatable bonds is 4. The van der Waals surface area contributed by atoms with Crippen LogP contribution in [0.25, 0.3) is 0 Å². The summed E-state index contributed by atoms with van der Waals surface area (Å²) >= 11 is 1.92. The van der Waals surface area contributed by atoms with E-state index < -0.39 is 0 Å². The number of Topliss-reactive ketones (excluding diaryl/α,β-unsaturated/α-hetero) is 1. The molecule has 16 heavy (non-hydrogen) atoms. The molecule has 1 saturated heterocycles. The van der Waals surface area contributed by atoms with Crippen molar-refractivity contribution in [2.75, 3.05) is 18.1 Å². The van der Waals surface area contributed by atoms with E-state index in [0.29, 0.717) is 24.7 Å². The molecule has 3 nitrogen and oxygen atoms in total. The normalized spacial score (nSPS) is 20.6. The number of aromatic nitrogens is 1. The Balaban J connectivity index is 1.80. The average Bonchev–Trinajstić information content (AvgIpc) is 2.31. The van der Waals surface area contributed by atoms with Crippen molar-refractivity contribution in [3.63, 3.8) is 0 Å². The van der Waals surface area contributed by atoms with Crippen LogP contribution >= 0.6 is 11.8 Å². The molecule has 0 spiro atoms. The molecule has 1 aliphatic rings. The van der Waals surface area contributed by atoms with Crippen LogP contribution in [0.1, 0.15) is 12.0 Å². The second-order valence-corrected chi connectivity index (χ2v) is 5.16. The molecule has 1 unspecified atom stereocenters. The maximum atomic E-state index is 11.8. The van der Waals surface area contributed by atoms with Crippen LogP contribution in [0.2, 0.25) is 0 Å². The van der Waals surface area contributed by atoms with Crippen molar-refractivity contribution in [1.29, 1.82) is 0 Å². The van der Waals surface area contributed by atoms with Gasteiger partial charge in [-0.25, -0.2) is 0 Å². The number of nitrogens with zero attached hydrogens (tertiary/aromatic N) is 1. The Morgan fingerprint density at radius 1 is 1.62 bits per heavy atom. The molecule has 86 valence electrons. The summed E-state index contributed by atoms with van der Waals surface area (Å²) in [4.78, 5) is 15.8. The summed E-state index contributed by atoms with van der Waals surface area (Å²) in [7, 11) is 0. The van der Waals surface area contributed by atoms with E-state index in [1.54, 1.807) is 12.4 Å². The van der Waals surface area contributed by atoms with E-state index in [0.717, 1.165) is 23.6 Å². The largest absolute Gasteiger partial charge is 0.312 e. The lowest BCUT2D eigenvalue weighted by Crippen LogP contribution is -2.39. The highest BCUT2D eigenvalue weighted by Gasteiger charge is 2.16. The number of ketones is 1. The van der Waals surface area contributed by atoms with Crippen molar-refractivity contribution in [3.8, 4) is 0 Å². The van der Waals surface area contributed by atoms with Crippen molar-refractivity contribution in [2.24, 2.45) is 0 Å². The second-order valence-electron chi connectivity index (χ2n) is 4.01. The van der Waals surface area contributed by atoms with Gasteiger partial charge in [0.2, 0.25) is 0 Å². The van der Waals surface area contributed by atoms with Crippen molar-refractivity contribution >= 4 is 17.5 Å². The third-order valence-electron chi connectivity index (χ3n) is 2.60. The molecular weight excluding hydrogens is 220 g/mol. The van der Waals surface area contributed by atoms with Crippen LogP contribution in [0.4, 0.5) is 0 Å². The Labute approximate surface area is 100 Å². The van der Waals surface area contributed by atoms with E-state index in [2.05, 4.69) is 10.3 Å². The van der Waals surface area contributed by atoms with E-state index >= 15 is 0 Å². The van der Waals surface area contributed by atoms with Gasteiger partial charge in [-0.3, -0.25) is 9.78 Å². The molecule has 1 aromatic rings.